The van der Waals surface area contributed by atoms with Crippen LogP contribution in [0.25, 0.3) is 16.7 Å². The van der Waals surface area contributed by atoms with Gasteiger partial charge in [0.1, 0.15) is 17.9 Å². The minimum atomic E-state index is 0.674. The summed E-state index contributed by atoms with van der Waals surface area (Å²) in [4.78, 5) is 13.1. The van der Waals surface area contributed by atoms with Crippen LogP contribution in [0.3, 0.4) is 0 Å². The van der Waals surface area contributed by atoms with Gasteiger partial charge in [-0.15, -0.1) is 0 Å². The first-order chi connectivity index (χ1) is 13.2. The predicted molar refractivity (Wildman–Crippen MR) is 106 cm³/mol. The number of anilines is 1. The highest BCUT2D eigenvalue weighted by Crippen LogP contribution is 2.34. The number of fused-ring (bicyclic) bond motifs is 1. The van der Waals surface area contributed by atoms with Crippen molar-refractivity contribution < 1.29 is 4.74 Å². The van der Waals surface area contributed by atoms with E-state index in [0.717, 1.165) is 45.1 Å². The largest absolute Gasteiger partial charge is 0.495 e. The molecule has 0 amide bonds. The minimum absolute atomic E-state index is 0.674. The van der Waals surface area contributed by atoms with E-state index in [9.17, 15) is 0 Å². The molecule has 1 N–H and O–H groups in total. The molecule has 0 fully saturated rings. The summed E-state index contributed by atoms with van der Waals surface area (Å²) in [6, 6.07) is 11.9. The van der Waals surface area contributed by atoms with Crippen molar-refractivity contribution in [3.8, 4) is 11.4 Å². The number of nitrogens with one attached hydrogen (secondary N) is 1. The van der Waals surface area contributed by atoms with Crippen LogP contribution in [0.15, 0.2) is 55.1 Å². The zero-order valence-corrected chi connectivity index (χ0v) is 15.6. The molecule has 3 aromatic heterocycles. The lowest BCUT2D eigenvalue weighted by molar-refractivity contribution is 0.413. The van der Waals surface area contributed by atoms with Crippen molar-refractivity contribution in [1.82, 2.24) is 19.5 Å². The van der Waals surface area contributed by atoms with Crippen LogP contribution in [0.1, 0.15) is 16.8 Å². The lowest BCUT2D eigenvalue weighted by Crippen LogP contribution is -2.04. The maximum absolute atomic E-state index is 5.56. The summed E-state index contributed by atoms with van der Waals surface area (Å²) in [5, 5.41) is 4.47. The zero-order valence-electron chi connectivity index (χ0n) is 15.6. The molecule has 0 aliphatic carbocycles. The quantitative estimate of drug-likeness (QED) is 0.582. The first-order valence-electron chi connectivity index (χ1n) is 8.79. The molecule has 6 heteroatoms. The first-order valence-corrected chi connectivity index (χ1v) is 8.79. The van der Waals surface area contributed by atoms with E-state index in [1.807, 2.05) is 36.4 Å². The fourth-order valence-electron chi connectivity index (χ4n) is 3.33. The summed E-state index contributed by atoms with van der Waals surface area (Å²) >= 11 is 0. The number of ether oxygens (including phenoxy) is 1. The Morgan fingerprint density at radius 2 is 1.81 bits per heavy atom. The lowest BCUT2D eigenvalue weighted by atomic mass is 10.2. The zero-order chi connectivity index (χ0) is 18.8. The highest BCUT2D eigenvalue weighted by molar-refractivity contribution is 5.93. The second kappa shape index (κ2) is 7.07. The monoisotopic (exact) mass is 359 g/mol. The molecule has 1 aromatic carbocycles. The van der Waals surface area contributed by atoms with Gasteiger partial charge < -0.3 is 10.1 Å². The minimum Gasteiger partial charge on any atom is -0.495 e. The van der Waals surface area contributed by atoms with Crippen LogP contribution in [0.5, 0.6) is 5.75 Å². The molecule has 136 valence electrons. The Morgan fingerprint density at radius 1 is 1.04 bits per heavy atom. The summed E-state index contributed by atoms with van der Waals surface area (Å²) in [6.45, 7) is 4.87. The van der Waals surface area contributed by atoms with Crippen LogP contribution >= 0.6 is 0 Å². The van der Waals surface area contributed by atoms with Crippen molar-refractivity contribution in [2.75, 3.05) is 12.4 Å². The van der Waals surface area contributed by atoms with E-state index in [4.69, 9.17) is 4.74 Å². The van der Waals surface area contributed by atoms with Crippen molar-refractivity contribution in [2.45, 2.75) is 20.4 Å². The van der Waals surface area contributed by atoms with Gasteiger partial charge in [-0.3, -0.25) is 9.55 Å². The number of aromatic nitrogens is 4. The number of methoxy groups -OCH3 is 1. The number of pyridine rings is 1. The Labute approximate surface area is 157 Å². The van der Waals surface area contributed by atoms with E-state index in [0.29, 0.717) is 6.54 Å². The van der Waals surface area contributed by atoms with Crippen molar-refractivity contribution >= 4 is 16.9 Å². The van der Waals surface area contributed by atoms with E-state index in [1.54, 1.807) is 25.8 Å². The Hall–Kier alpha value is -3.41. The van der Waals surface area contributed by atoms with E-state index in [2.05, 4.69) is 38.7 Å². The molecule has 4 rings (SSSR count). The van der Waals surface area contributed by atoms with Crippen LogP contribution in [-0.2, 0) is 6.54 Å². The lowest BCUT2D eigenvalue weighted by Gasteiger charge is -2.12. The number of nitrogens with zero attached hydrogens (tertiary/aromatic N) is 4. The number of hydrogen-bond acceptors (Lipinski definition) is 5. The van der Waals surface area contributed by atoms with Crippen molar-refractivity contribution in [3.63, 3.8) is 0 Å². The smallest absolute Gasteiger partial charge is 0.150 e. The van der Waals surface area contributed by atoms with Gasteiger partial charge in [-0.05, 0) is 49.2 Å². The molecule has 0 saturated heterocycles. The Morgan fingerprint density at radius 3 is 2.59 bits per heavy atom. The van der Waals surface area contributed by atoms with Gasteiger partial charge in [0.05, 0.1) is 18.2 Å². The SMILES string of the molecule is COc1ccccc1-n1c(C)c(C)c2c(NCc3ccncc3)ncnc21. The molecule has 0 saturated carbocycles. The molecule has 0 unspecified atom stereocenters. The first kappa shape index (κ1) is 17.0. The molecule has 0 aliphatic heterocycles. The van der Waals surface area contributed by atoms with Crippen molar-refractivity contribution in [3.05, 3.63) is 71.9 Å². The third-order valence-electron chi connectivity index (χ3n) is 4.83. The van der Waals surface area contributed by atoms with Crippen LogP contribution in [-0.4, -0.2) is 26.6 Å². The average Bonchev–Trinajstić information content (AvgIpc) is 2.98. The predicted octanol–water partition coefficient (Wildman–Crippen LogP) is 4.05. The molecule has 27 heavy (non-hydrogen) atoms. The molecule has 0 spiro atoms. The number of hydrogen-bond donors (Lipinski definition) is 1. The van der Waals surface area contributed by atoms with Gasteiger partial charge in [0, 0.05) is 24.6 Å². The van der Waals surface area contributed by atoms with E-state index in [-0.39, 0.29) is 0 Å². The summed E-state index contributed by atoms with van der Waals surface area (Å²) < 4.78 is 7.69. The van der Waals surface area contributed by atoms with Gasteiger partial charge in [0.15, 0.2) is 5.65 Å². The molecular formula is C21H21N5O. The third-order valence-corrected chi connectivity index (χ3v) is 4.83. The number of rotatable bonds is 5. The normalized spacial score (nSPS) is 10.9. The van der Waals surface area contributed by atoms with Gasteiger partial charge in [0.2, 0.25) is 0 Å². The summed E-state index contributed by atoms with van der Waals surface area (Å²) in [7, 11) is 1.68. The van der Waals surface area contributed by atoms with Gasteiger partial charge in [-0.1, -0.05) is 12.1 Å². The molecule has 6 nitrogen and oxygen atoms in total. The van der Waals surface area contributed by atoms with E-state index in [1.165, 1.54) is 0 Å². The number of benzene rings is 1. The Kier molecular flexibility index (Phi) is 4.46. The van der Waals surface area contributed by atoms with Crippen molar-refractivity contribution in [1.29, 1.82) is 0 Å². The van der Waals surface area contributed by atoms with Crippen LogP contribution in [0.2, 0.25) is 0 Å². The molecule has 0 aliphatic rings. The van der Waals surface area contributed by atoms with Gasteiger partial charge in [0.25, 0.3) is 0 Å². The summed E-state index contributed by atoms with van der Waals surface area (Å²) in [6.07, 6.45) is 5.18. The van der Waals surface area contributed by atoms with Gasteiger partial charge in [-0.2, -0.15) is 0 Å². The average molecular weight is 359 g/mol. The Bertz CT molecular complexity index is 1090. The molecule has 0 bridgehead atoms. The van der Waals surface area contributed by atoms with E-state index < -0.39 is 0 Å². The molecule has 3 heterocycles. The molecule has 4 aromatic rings. The molecular weight excluding hydrogens is 338 g/mol. The second-order valence-electron chi connectivity index (χ2n) is 6.35. The maximum atomic E-state index is 5.56. The number of para-hydroxylation sites is 2. The van der Waals surface area contributed by atoms with Gasteiger partial charge in [-0.25, -0.2) is 9.97 Å². The molecule has 0 radical (unpaired) electrons. The number of aryl methyl sites for hydroxylation is 1. The third kappa shape index (κ3) is 2.99. The van der Waals surface area contributed by atoms with Crippen molar-refractivity contribution in [2.24, 2.45) is 0 Å². The highest BCUT2D eigenvalue weighted by Gasteiger charge is 2.19. The topological polar surface area (TPSA) is 64.9 Å². The van der Waals surface area contributed by atoms with E-state index >= 15 is 0 Å². The highest BCUT2D eigenvalue weighted by atomic mass is 16.5. The van der Waals surface area contributed by atoms with Gasteiger partial charge >= 0.3 is 0 Å². The van der Waals surface area contributed by atoms with Crippen LogP contribution in [0, 0.1) is 13.8 Å². The second-order valence-corrected chi connectivity index (χ2v) is 6.35. The fourth-order valence-corrected chi connectivity index (χ4v) is 3.33. The van der Waals surface area contributed by atoms with Crippen LogP contribution < -0.4 is 10.1 Å². The standard InChI is InChI=1S/C21H21N5O/c1-14-15(2)26(17-6-4-5-7-18(17)27-3)21-19(14)20(24-13-25-21)23-12-16-8-10-22-11-9-16/h4-11,13H,12H2,1-3H3,(H,23,24,25). The molecule has 0 atom stereocenters. The maximum Gasteiger partial charge on any atom is 0.150 e. The summed E-state index contributed by atoms with van der Waals surface area (Å²) in [5.41, 5.74) is 5.24. The Balaban J connectivity index is 1.83. The van der Waals surface area contributed by atoms with Crippen LogP contribution in [0.4, 0.5) is 5.82 Å². The fraction of sp³-hybridized carbons (Fsp3) is 0.190. The summed E-state index contributed by atoms with van der Waals surface area (Å²) in [5.74, 6) is 1.63.